The number of halogens is 1. The summed E-state index contributed by atoms with van der Waals surface area (Å²) in [6.45, 7) is 3.07. The molecule has 2 fully saturated rings. The van der Waals surface area contributed by atoms with E-state index in [0.717, 1.165) is 45.3 Å². The molecule has 4 heteroatoms. The maximum absolute atomic E-state index is 6.00. The first-order valence-corrected chi connectivity index (χ1v) is 6.02. The molecule has 0 spiro atoms. The molecule has 0 radical (unpaired) electrons. The van der Waals surface area contributed by atoms with Gasteiger partial charge in [0.15, 0.2) is 0 Å². The van der Waals surface area contributed by atoms with E-state index >= 15 is 0 Å². The van der Waals surface area contributed by atoms with Gasteiger partial charge >= 0.3 is 0 Å². The van der Waals surface area contributed by atoms with Gasteiger partial charge in [-0.3, -0.25) is 5.32 Å². The molecular formula is C10H19ClN2O. The van der Waals surface area contributed by atoms with Crippen LogP contribution in [0.2, 0.25) is 0 Å². The molecule has 2 N–H and O–H groups in total. The fourth-order valence-electron chi connectivity index (χ4n) is 2.08. The number of nitrogens with one attached hydrogen (secondary N) is 2. The molecule has 0 amide bonds. The standard InChI is InChI=1S/C10H19ClN2O/c11-8-1-2-10(13-7-8)14-9-3-5-12-6-4-9/h8-10,12-13H,1-7H2. The monoisotopic (exact) mass is 218 g/mol. The van der Waals surface area contributed by atoms with Crippen molar-refractivity contribution in [3.8, 4) is 0 Å². The predicted molar refractivity (Wildman–Crippen MR) is 57.6 cm³/mol. The summed E-state index contributed by atoms with van der Waals surface area (Å²) >= 11 is 6.00. The molecule has 0 bridgehead atoms. The molecular weight excluding hydrogens is 200 g/mol. The van der Waals surface area contributed by atoms with E-state index in [1.54, 1.807) is 0 Å². The van der Waals surface area contributed by atoms with Crippen molar-refractivity contribution in [1.29, 1.82) is 0 Å². The number of piperidine rings is 2. The van der Waals surface area contributed by atoms with Crippen LogP contribution >= 0.6 is 11.6 Å². The summed E-state index contributed by atoms with van der Waals surface area (Å²) in [6, 6.07) is 0. The minimum Gasteiger partial charge on any atom is -0.360 e. The highest BCUT2D eigenvalue weighted by atomic mass is 35.5. The molecule has 82 valence electrons. The largest absolute Gasteiger partial charge is 0.360 e. The first kappa shape index (κ1) is 10.7. The van der Waals surface area contributed by atoms with Gasteiger partial charge in [0, 0.05) is 11.9 Å². The lowest BCUT2D eigenvalue weighted by molar-refractivity contribution is -0.0534. The molecule has 2 heterocycles. The van der Waals surface area contributed by atoms with Gasteiger partial charge in [0.2, 0.25) is 0 Å². The molecule has 0 aromatic rings. The molecule has 2 rings (SSSR count). The summed E-state index contributed by atoms with van der Waals surface area (Å²) in [5.74, 6) is 0. The van der Waals surface area contributed by atoms with E-state index in [9.17, 15) is 0 Å². The maximum Gasteiger partial charge on any atom is 0.108 e. The Bertz CT molecular complexity index is 166. The maximum atomic E-state index is 6.00. The minimum absolute atomic E-state index is 0.244. The average Bonchev–Trinajstić information content (AvgIpc) is 2.23. The highest BCUT2D eigenvalue weighted by Gasteiger charge is 2.23. The average molecular weight is 219 g/mol. The Labute approximate surface area is 90.5 Å². The Balaban J connectivity index is 1.68. The molecule has 0 saturated carbocycles. The number of rotatable bonds is 2. The van der Waals surface area contributed by atoms with Crippen molar-refractivity contribution >= 4 is 11.6 Å². The van der Waals surface area contributed by atoms with Crippen molar-refractivity contribution < 1.29 is 4.74 Å². The van der Waals surface area contributed by atoms with Crippen LogP contribution in [0.15, 0.2) is 0 Å². The fraction of sp³-hybridized carbons (Fsp3) is 1.00. The summed E-state index contributed by atoms with van der Waals surface area (Å²) in [5.41, 5.74) is 0. The lowest BCUT2D eigenvalue weighted by Crippen LogP contribution is -2.45. The van der Waals surface area contributed by atoms with Crippen molar-refractivity contribution in [3.63, 3.8) is 0 Å². The predicted octanol–water partition coefficient (Wildman–Crippen LogP) is 1.07. The van der Waals surface area contributed by atoms with Gasteiger partial charge in [0.05, 0.1) is 6.10 Å². The zero-order valence-electron chi connectivity index (χ0n) is 8.47. The Morgan fingerprint density at radius 2 is 1.86 bits per heavy atom. The first-order chi connectivity index (χ1) is 6.84. The topological polar surface area (TPSA) is 33.3 Å². The van der Waals surface area contributed by atoms with Gasteiger partial charge in [-0.05, 0) is 38.8 Å². The molecule has 14 heavy (non-hydrogen) atoms. The van der Waals surface area contributed by atoms with Gasteiger partial charge in [-0.2, -0.15) is 0 Å². The Morgan fingerprint density at radius 1 is 1.07 bits per heavy atom. The Morgan fingerprint density at radius 3 is 2.50 bits per heavy atom. The van der Waals surface area contributed by atoms with Crippen LogP contribution in [-0.2, 0) is 4.74 Å². The number of alkyl halides is 1. The van der Waals surface area contributed by atoms with E-state index < -0.39 is 0 Å². The van der Waals surface area contributed by atoms with Crippen LogP contribution in [0.5, 0.6) is 0 Å². The molecule has 3 nitrogen and oxygen atoms in total. The van der Waals surface area contributed by atoms with Crippen molar-refractivity contribution in [2.24, 2.45) is 0 Å². The minimum atomic E-state index is 0.244. The number of hydrogen-bond acceptors (Lipinski definition) is 3. The lowest BCUT2D eigenvalue weighted by atomic mass is 10.1. The molecule has 2 atom stereocenters. The second-order valence-corrected chi connectivity index (χ2v) is 4.77. The van der Waals surface area contributed by atoms with Crippen molar-refractivity contribution in [2.45, 2.75) is 43.4 Å². The molecule has 0 aromatic heterocycles. The SMILES string of the molecule is ClC1CCC(OC2CCNCC2)NC1. The molecule has 2 unspecified atom stereocenters. The summed E-state index contributed by atoms with van der Waals surface area (Å²) in [5, 5.41) is 6.97. The van der Waals surface area contributed by atoms with Crippen molar-refractivity contribution in [3.05, 3.63) is 0 Å². The van der Waals surface area contributed by atoms with Gasteiger partial charge in [-0.15, -0.1) is 11.6 Å². The third-order valence-corrected chi connectivity index (χ3v) is 3.32. The van der Waals surface area contributed by atoms with Crippen LogP contribution in [0.25, 0.3) is 0 Å². The molecule has 0 aliphatic carbocycles. The first-order valence-electron chi connectivity index (χ1n) is 5.58. The molecule has 2 aliphatic rings. The van der Waals surface area contributed by atoms with Gasteiger partial charge < -0.3 is 10.1 Å². The molecule has 2 aliphatic heterocycles. The lowest BCUT2D eigenvalue weighted by Gasteiger charge is -2.32. The molecule has 0 aromatic carbocycles. The van der Waals surface area contributed by atoms with E-state index in [1.807, 2.05) is 0 Å². The third kappa shape index (κ3) is 3.09. The van der Waals surface area contributed by atoms with Crippen LogP contribution in [0.3, 0.4) is 0 Å². The van der Waals surface area contributed by atoms with Gasteiger partial charge in [-0.25, -0.2) is 0 Å². The Kier molecular flexibility index (Phi) is 4.05. The van der Waals surface area contributed by atoms with E-state index in [1.165, 1.54) is 0 Å². The highest BCUT2D eigenvalue weighted by molar-refractivity contribution is 6.20. The molecule has 2 saturated heterocycles. The van der Waals surface area contributed by atoms with E-state index in [4.69, 9.17) is 16.3 Å². The Hall–Kier alpha value is 0.170. The summed E-state index contributed by atoms with van der Waals surface area (Å²) in [6.07, 6.45) is 5.10. The summed E-state index contributed by atoms with van der Waals surface area (Å²) < 4.78 is 5.97. The van der Waals surface area contributed by atoms with E-state index in [0.29, 0.717) is 11.5 Å². The van der Waals surface area contributed by atoms with E-state index in [-0.39, 0.29) is 6.23 Å². The van der Waals surface area contributed by atoms with Crippen molar-refractivity contribution in [1.82, 2.24) is 10.6 Å². The summed E-state index contributed by atoms with van der Waals surface area (Å²) in [4.78, 5) is 0. The third-order valence-electron chi connectivity index (χ3n) is 2.95. The number of ether oxygens (including phenoxy) is 1. The van der Waals surface area contributed by atoms with Crippen LogP contribution in [-0.4, -0.2) is 37.3 Å². The zero-order chi connectivity index (χ0) is 9.80. The quantitative estimate of drug-likeness (QED) is 0.681. The highest BCUT2D eigenvalue weighted by Crippen LogP contribution is 2.17. The van der Waals surface area contributed by atoms with Crippen LogP contribution in [0.1, 0.15) is 25.7 Å². The van der Waals surface area contributed by atoms with Gasteiger partial charge in [0.1, 0.15) is 6.23 Å². The fourth-order valence-corrected chi connectivity index (χ4v) is 2.29. The van der Waals surface area contributed by atoms with Gasteiger partial charge in [-0.1, -0.05) is 0 Å². The van der Waals surface area contributed by atoms with Crippen LogP contribution in [0, 0.1) is 0 Å². The number of hydrogen-bond donors (Lipinski definition) is 2. The normalized spacial score (nSPS) is 35.8. The van der Waals surface area contributed by atoms with Crippen LogP contribution < -0.4 is 10.6 Å². The smallest absolute Gasteiger partial charge is 0.108 e. The van der Waals surface area contributed by atoms with Gasteiger partial charge in [0.25, 0.3) is 0 Å². The van der Waals surface area contributed by atoms with Crippen molar-refractivity contribution in [2.75, 3.05) is 19.6 Å². The van der Waals surface area contributed by atoms with Crippen LogP contribution in [0.4, 0.5) is 0 Å². The second-order valence-electron chi connectivity index (χ2n) is 4.16. The zero-order valence-corrected chi connectivity index (χ0v) is 9.22. The summed E-state index contributed by atoms with van der Waals surface area (Å²) in [7, 11) is 0. The second kappa shape index (κ2) is 5.31. The van der Waals surface area contributed by atoms with E-state index in [2.05, 4.69) is 10.6 Å².